The molecule has 0 aromatic heterocycles. The van der Waals surface area contributed by atoms with Crippen LogP contribution in [0.2, 0.25) is 0 Å². The molecule has 0 saturated heterocycles. The second kappa shape index (κ2) is 4.44. The van der Waals surface area contributed by atoms with Crippen molar-refractivity contribution in [2.75, 3.05) is 13.2 Å². The van der Waals surface area contributed by atoms with Gasteiger partial charge in [-0.05, 0) is 26.0 Å². The Hall–Kier alpha value is -1.06. The Morgan fingerprint density at radius 2 is 1.93 bits per heavy atom. The largest absolute Gasteiger partial charge is 0.492 e. The zero-order chi connectivity index (χ0) is 10.6. The van der Waals surface area contributed by atoms with Crippen LogP contribution in [-0.4, -0.2) is 23.9 Å². The maximum atomic E-state index is 8.91. The number of hydrogen-bond acceptors (Lipinski definition) is 3. The van der Waals surface area contributed by atoms with Crippen LogP contribution in [0, 0.1) is 6.92 Å². The van der Waals surface area contributed by atoms with Crippen molar-refractivity contribution in [1.29, 1.82) is 0 Å². The second-order valence-corrected chi connectivity index (χ2v) is 3.91. The highest BCUT2D eigenvalue weighted by Crippen LogP contribution is 2.12. The Morgan fingerprint density at radius 3 is 2.43 bits per heavy atom. The van der Waals surface area contributed by atoms with Crippen LogP contribution in [0.5, 0.6) is 5.75 Å². The third-order valence-corrected chi connectivity index (χ3v) is 1.95. The number of rotatable bonds is 4. The van der Waals surface area contributed by atoms with Crippen LogP contribution in [0.3, 0.4) is 0 Å². The highest BCUT2D eigenvalue weighted by Gasteiger charge is 2.17. The smallest absolute Gasteiger partial charge is 0.119 e. The van der Waals surface area contributed by atoms with Crippen LogP contribution >= 0.6 is 0 Å². The fraction of sp³-hybridized carbons (Fsp3) is 0.455. The van der Waals surface area contributed by atoms with Crippen LogP contribution in [0.25, 0.3) is 0 Å². The zero-order valence-electron chi connectivity index (χ0n) is 8.66. The van der Waals surface area contributed by atoms with E-state index in [2.05, 4.69) is 0 Å². The van der Waals surface area contributed by atoms with E-state index in [9.17, 15) is 0 Å². The van der Waals surface area contributed by atoms with Gasteiger partial charge in [0.25, 0.3) is 0 Å². The quantitative estimate of drug-likeness (QED) is 0.756. The lowest BCUT2D eigenvalue weighted by molar-refractivity contribution is 0.146. The summed E-state index contributed by atoms with van der Waals surface area (Å²) in [6.45, 7) is 4.00. The molecule has 0 fully saturated rings. The lowest BCUT2D eigenvalue weighted by atomic mass is 10.1. The molecule has 78 valence electrons. The number of hydrogen-bond donors (Lipinski definition) is 2. The minimum absolute atomic E-state index is 0.0845. The van der Waals surface area contributed by atoms with Gasteiger partial charge in [0.2, 0.25) is 0 Å². The van der Waals surface area contributed by atoms with Crippen LogP contribution in [0.15, 0.2) is 24.3 Å². The van der Waals surface area contributed by atoms with Gasteiger partial charge in [0, 0.05) is 0 Å². The van der Waals surface area contributed by atoms with Crippen LogP contribution < -0.4 is 10.5 Å². The molecule has 3 heteroatoms. The lowest BCUT2D eigenvalue weighted by Crippen LogP contribution is -2.45. The third kappa shape index (κ3) is 3.36. The van der Waals surface area contributed by atoms with E-state index >= 15 is 0 Å². The minimum Gasteiger partial charge on any atom is -0.492 e. The van der Waals surface area contributed by atoms with E-state index in [1.165, 1.54) is 5.56 Å². The fourth-order valence-electron chi connectivity index (χ4n) is 0.928. The van der Waals surface area contributed by atoms with Gasteiger partial charge in [0.15, 0.2) is 0 Å². The molecule has 0 saturated carbocycles. The molecule has 1 aromatic carbocycles. The van der Waals surface area contributed by atoms with E-state index in [4.69, 9.17) is 15.6 Å². The van der Waals surface area contributed by atoms with Gasteiger partial charge in [-0.1, -0.05) is 17.7 Å². The summed E-state index contributed by atoms with van der Waals surface area (Å²) >= 11 is 0. The van der Waals surface area contributed by atoms with Crippen molar-refractivity contribution in [2.24, 2.45) is 5.73 Å². The van der Waals surface area contributed by atoms with Crippen molar-refractivity contribution in [2.45, 2.75) is 19.4 Å². The van der Waals surface area contributed by atoms with Crippen LogP contribution in [0.4, 0.5) is 0 Å². The maximum absolute atomic E-state index is 8.91. The monoisotopic (exact) mass is 195 g/mol. The van der Waals surface area contributed by atoms with Crippen molar-refractivity contribution in [3.63, 3.8) is 0 Å². The van der Waals surface area contributed by atoms with E-state index in [0.717, 1.165) is 5.75 Å². The summed E-state index contributed by atoms with van der Waals surface area (Å²) in [5.41, 5.74) is 6.23. The van der Waals surface area contributed by atoms with Crippen LogP contribution in [0.1, 0.15) is 12.5 Å². The van der Waals surface area contributed by atoms with Gasteiger partial charge < -0.3 is 15.6 Å². The normalized spacial score (nSPS) is 14.9. The summed E-state index contributed by atoms with van der Waals surface area (Å²) in [6.07, 6.45) is 0. The summed E-state index contributed by atoms with van der Waals surface area (Å²) < 4.78 is 5.43. The first-order valence-electron chi connectivity index (χ1n) is 4.63. The molecule has 0 aliphatic rings. The highest BCUT2D eigenvalue weighted by atomic mass is 16.5. The molecule has 1 aromatic rings. The Kier molecular flexibility index (Phi) is 3.49. The molecule has 0 aliphatic carbocycles. The van der Waals surface area contributed by atoms with Crippen LogP contribution in [-0.2, 0) is 0 Å². The van der Waals surface area contributed by atoms with E-state index < -0.39 is 5.54 Å². The van der Waals surface area contributed by atoms with E-state index in [0.29, 0.717) is 6.61 Å². The van der Waals surface area contributed by atoms with Crippen molar-refractivity contribution in [1.82, 2.24) is 0 Å². The summed E-state index contributed by atoms with van der Waals surface area (Å²) in [5.74, 6) is 0.778. The summed E-state index contributed by atoms with van der Waals surface area (Å²) in [5, 5.41) is 8.91. The first-order chi connectivity index (χ1) is 6.53. The number of aliphatic hydroxyl groups is 1. The highest BCUT2D eigenvalue weighted by molar-refractivity contribution is 5.26. The van der Waals surface area contributed by atoms with E-state index in [-0.39, 0.29) is 6.61 Å². The molecule has 0 heterocycles. The predicted octanol–water partition coefficient (Wildman–Crippen LogP) is 1.08. The molecule has 14 heavy (non-hydrogen) atoms. The Labute approximate surface area is 84.5 Å². The molecule has 1 unspecified atom stereocenters. The molecule has 0 spiro atoms. The van der Waals surface area contributed by atoms with Gasteiger partial charge in [0.05, 0.1) is 12.1 Å². The number of aryl methyl sites for hydroxylation is 1. The number of aliphatic hydroxyl groups excluding tert-OH is 1. The van der Waals surface area contributed by atoms with Gasteiger partial charge in [0.1, 0.15) is 12.4 Å². The average Bonchev–Trinajstić information content (AvgIpc) is 2.17. The van der Waals surface area contributed by atoms with E-state index in [1.807, 2.05) is 31.2 Å². The standard InChI is InChI=1S/C11H17NO2/c1-9-3-5-10(6-4-9)14-8-11(2,12)7-13/h3-6,13H,7-8,12H2,1-2H3. The van der Waals surface area contributed by atoms with E-state index in [1.54, 1.807) is 6.92 Å². The fourth-order valence-corrected chi connectivity index (χ4v) is 0.928. The Bertz CT molecular complexity index is 280. The summed E-state index contributed by atoms with van der Waals surface area (Å²) in [6, 6.07) is 7.73. The minimum atomic E-state index is -0.676. The molecular formula is C11H17NO2. The maximum Gasteiger partial charge on any atom is 0.119 e. The zero-order valence-corrected chi connectivity index (χ0v) is 8.66. The van der Waals surface area contributed by atoms with Gasteiger partial charge in [-0.15, -0.1) is 0 Å². The van der Waals surface area contributed by atoms with Gasteiger partial charge in [-0.2, -0.15) is 0 Å². The number of nitrogens with two attached hydrogens (primary N) is 1. The topological polar surface area (TPSA) is 55.5 Å². The Morgan fingerprint density at radius 1 is 1.36 bits per heavy atom. The molecule has 0 amide bonds. The summed E-state index contributed by atoms with van der Waals surface area (Å²) in [4.78, 5) is 0. The molecule has 0 radical (unpaired) electrons. The number of ether oxygens (including phenoxy) is 1. The van der Waals surface area contributed by atoms with Crippen molar-refractivity contribution < 1.29 is 9.84 Å². The predicted molar refractivity (Wildman–Crippen MR) is 56.4 cm³/mol. The second-order valence-electron chi connectivity index (χ2n) is 3.91. The first-order valence-corrected chi connectivity index (χ1v) is 4.63. The number of benzene rings is 1. The molecule has 3 nitrogen and oxygen atoms in total. The van der Waals surface area contributed by atoms with Crippen molar-refractivity contribution in [3.8, 4) is 5.75 Å². The van der Waals surface area contributed by atoms with Crippen molar-refractivity contribution >= 4 is 0 Å². The molecule has 1 rings (SSSR count). The van der Waals surface area contributed by atoms with Crippen molar-refractivity contribution in [3.05, 3.63) is 29.8 Å². The molecule has 0 aliphatic heterocycles. The first kappa shape index (κ1) is 11.0. The molecule has 0 bridgehead atoms. The summed E-state index contributed by atoms with van der Waals surface area (Å²) in [7, 11) is 0. The molecule has 3 N–H and O–H groups in total. The van der Waals surface area contributed by atoms with Gasteiger partial charge in [-0.25, -0.2) is 0 Å². The average molecular weight is 195 g/mol. The lowest BCUT2D eigenvalue weighted by Gasteiger charge is -2.21. The molecular weight excluding hydrogens is 178 g/mol. The molecule has 1 atom stereocenters. The Balaban J connectivity index is 2.50. The third-order valence-electron chi connectivity index (χ3n) is 1.95. The van der Waals surface area contributed by atoms with Gasteiger partial charge >= 0.3 is 0 Å². The SMILES string of the molecule is Cc1ccc(OCC(C)(N)CO)cc1. The van der Waals surface area contributed by atoms with Gasteiger partial charge in [-0.3, -0.25) is 0 Å².